The van der Waals surface area contributed by atoms with Gasteiger partial charge in [-0.15, -0.1) is 0 Å². The van der Waals surface area contributed by atoms with Crippen molar-refractivity contribution in [3.8, 4) is 0 Å². The summed E-state index contributed by atoms with van der Waals surface area (Å²) in [7, 11) is 0. The molecular formula is C17H23BrFNO. The van der Waals surface area contributed by atoms with Crippen molar-refractivity contribution in [1.82, 2.24) is 0 Å². The third kappa shape index (κ3) is 3.33. The first-order chi connectivity index (χ1) is 10.1. The van der Waals surface area contributed by atoms with Crippen molar-refractivity contribution in [2.75, 3.05) is 6.61 Å². The van der Waals surface area contributed by atoms with Gasteiger partial charge in [-0.1, -0.05) is 41.3 Å². The van der Waals surface area contributed by atoms with E-state index in [4.69, 9.17) is 10.5 Å². The van der Waals surface area contributed by atoms with Crippen molar-refractivity contribution < 1.29 is 9.13 Å². The van der Waals surface area contributed by atoms with Gasteiger partial charge in [0.05, 0.1) is 5.60 Å². The second-order valence-corrected chi connectivity index (χ2v) is 7.45. The van der Waals surface area contributed by atoms with Crippen LogP contribution in [-0.2, 0) is 4.74 Å². The topological polar surface area (TPSA) is 35.2 Å². The molecule has 1 spiro atoms. The van der Waals surface area contributed by atoms with Crippen LogP contribution in [0.2, 0.25) is 0 Å². The molecule has 2 aliphatic rings. The maximum absolute atomic E-state index is 14.1. The molecular weight excluding hydrogens is 333 g/mol. The van der Waals surface area contributed by atoms with Crippen LogP contribution in [0.4, 0.5) is 4.39 Å². The Labute approximate surface area is 134 Å². The van der Waals surface area contributed by atoms with Gasteiger partial charge in [0.15, 0.2) is 0 Å². The second-order valence-electron chi connectivity index (χ2n) is 6.54. The zero-order valence-corrected chi connectivity index (χ0v) is 13.9. The molecule has 1 aliphatic carbocycles. The van der Waals surface area contributed by atoms with E-state index in [-0.39, 0.29) is 17.5 Å². The summed E-state index contributed by atoms with van der Waals surface area (Å²) in [6, 6.07) is 4.95. The Morgan fingerprint density at radius 2 is 2.05 bits per heavy atom. The molecule has 1 heterocycles. The quantitative estimate of drug-likeness (QED) is 0.832. The molecule has 1 aromatic carbocycles. The molecule has 4 heteroatoms. The molecule has 1 aromatic rings. The maximum Gasteiger partial charge on any atom is 0.129 e. The van der Waals surface area contributed by atoms with Gasteiger partial charge >= 0.3 is 0 Å². The van der Waals surface area contributed by atoms with E-state index in [0.717, 1.165) is 36.8 Å². The highest BCUT2D eigenvalue weighted by Crippen LogP contribution is 2.44. The van der Waals surface area contributed by atoms with Crippen LogP contribution in [-0.4, -0.2) is 12.2 Å². The van der Waals surface area contributed by atoms with Gasteiger partial charge in [-0.2, -0.15) is 0 Å². The summed E-state index contributed by atoms with van der Waals surface area (Å²) in [5.74, 6) is 0.105. The van der Waals surface area contributed by atoms with Crippen molar-refractivity contribution in [2.45, 2.75) is 56.6 Å². The highest BCUT2D eigenvalue weighted by molar-refractivity contribution is 9.10. The lowest BCUT2D eigenvalue weighted by Crippen LogP contribution is -2.44. The lowest BCUT2D eigenvalue weighted by Gasteiger charge is -2.45. The summed E-state index contributed by atoms with van der Waals surface area (Å²) in [6.07, 6.45) is 7.98. The average Bonchev–Trinajstić information content (AvgIpc) is 2.47. The second kappa shape index (κ2) is 6.35. The molecule has 1 saturated heterocycles. The molecule has 0 radical (unpaired) electrons. The van der Waals surface area contributed by atoms with Gasteiger partial charge in [0.25, 0.3) is 0 Å². The van der Waals surface area contributed by atoms with Gasteiger partial charge < -0.3 is 10.5 Å². The van der Waals surface area contributed by atoms with Gasteiger partial charge in [0.2, 0.25) is 0 Å². The molecule has 1 aliphatic heterocycles. The van der Waals surface area contributed by atoms with Gasteiger partial charge in [-0.05, 0) is 43.7 Å². The van der Waals surface area contributed by atoms with E-state index in [0.29, 0.717) is 11.5 Å². The van der Waals surface area contributed by atoms with E-state index in [1.165, 1.54) is 25.3 Å². The molecule has 0 aromatic heterocycles. The predicted octanol–water partition coefficient (Wildman–Crippen LogP) is 4.72. The number of benzene rings is 1. The fourth-order valence-corrected chi connectivity index (χ4v) is 4.28. The molecule has 3 rings (SSSR count). The Morgan fingerprint density at radius 3 is 2.76 bits per heavy atom. The molecule has 1 saturated carbocycles. The fourth-order valence-electron chi connectivity index (χ4n) is 3.94. The largest absolute Gasteiger partial charge is 0.375 e. The van der Waals surface area contributed by atoms with E-state index < -0.39 is 0 Å². The summed E-state index contributed by atoms with van der Waals surface area (Å²) in [4.78, 5) is 0. The van der Waals surface area contributed by atoms with Crippen LogP contribution in [0.25, 0.3) is 0 Å². The zero-order chi connectivity index (χ0) is 14.9. The number of rotatable bonds is 2. The van der Waals surface area contributed by atoms with Gasteiger partial charge in [0, 0.05) is 22.7 Å². The van der Waals surface area contributed by atoms with Crippen molar-refractivity contribution in [3.05, 3.63) is 34.1 Å². The highest BCUT2D eigenvalue weighted by atomic mass is 79.9. The predicted molar refractivity (Wildman–Crippen MR) is 85.5 cm³/mol. The average molecular weight is 356 g/mol. The smallest absolute Gasteiger partial charge is 0.129 e. The Bertz CT molecular complexity index is 496. The summed E-state index contributed by atoms with van der Waals surface area (Å²) in [6.45, 7) is 0.760. The highest BCUT2D eigenvalue weighted by Gasteiger charge is 2.40. The Kier molecular flexibility index (Phi) is 4.67. The van der Waals surface area contributed by atoms with E-state index >= 15 is 0 Å². The van der Waals surface area contributed by atoms with E-state index in [2.05, 4.69) is 15.9 Å². The first-order valence-corrected chi connectivity index (χ1v) is 8.73. The van der Waals surface area contributed by atoms with Crippen LogP contribution in [0.5, 0.6) is 0 Å². The lowest BCUT2D eigenvalue weighted by atomic mass is 9.73. The standard InChI is InChI=1S/C17H23BrFNO/c18-13-4-5-14(15(19)10-13)16(20)12-6-9-21-17(11-12)7-2-1-3-8-17/h4-5,10,12,16H,1-3,6-9,11,20H2. The van der Waals surface area contributed by atoms with Crippen LogP contribution in [0.3, 0.4) is 0 Å². The lowest BCUT2D eigenvalue weighted by molar-refractivity contribution is -0.120. The minimum absolute atomic E-state index is 0.0185. The van der Waals surface area contributed by atoms with Crippen LogP contribution < -0.4 is 5.73 Å². The number of ether oxygens (including phenoxy) is 1. The Hall–Kier alpha value is -0.450. The van der Waals surface area contributed by atoms with Crippen LogP contribution in [0.15, 0.2) is 22.7 Å². The van der Waals surface area contributed by atoms with Crippen LogP contribution in [0, 0.1) is 11.7 Å². The van der Waals surface area contributed by atoms with Crippen molar-refractivity contribution in [3.63, 3.8) is 0 Å². The molecule has 2 N–H and O–H groups in total. The van der Waals surface area contributed by atoms with Crippen molar-refractivity contribution >= 4 is 15.9 Å². The monoisotopic (exact) mass is 355 g/mol. The normalized spacial score (nSPS) is 26.7. The number of hydrogen-bond acceptors (Lipinski definition) is 2. The molecule has 0 amide bonds. The van der Waals surface area contributed by atoms with Gasteiger partial charge in [-0.25, -0.2) is 4.39 Å². The maximum atomic E-state index is 14.1. The minimum atomic E-state index is -0.235. The van der Waals surface area contributed by atoms with Crippen molar-refractivity contribution in [1.29, 1.82) is 0 Å². The molecule has 2 unspecified atom stereocenters. The van der Waals surface area contributed by atoms with Crippen LogP contribution >= 0.6 is 15.9 Å². The molecule has 0 bridgehead atoms. The molecule has 2 fully saturated rings. The number of halogens is 2. The van der Waals surface area contributed by atoms with Crippen LogP contribution in [0.1, 0.15) is 56.6 Å². The summed E-state index contributed by atoms with van der Waals surface area (Å²) in [5.41, 5.74) is 7.05. The van der Waals surface area contributed by atoms with Gasteiger partial charge in [0.1, 0.15) is 5.82 Å². The minimum Gasteiger partial charge on any atom is -0.375 e. The zero-order valence-electron chi connectivity index (χ0n) is 12.3. The van der Waals surface area contributed by atoms with E-state index in [1.54, 1.807) is 0 Å². The molecule has 2 atom stereocenters. The van der Waals surface area contributed by atoms with Gasteiger partial charge in [-0.3, -0.25) is 0 Å². The SMILES string of the molecule is NC(c1ccc(Br)cc1F)C1CCOC2(CCCCC2)C1. The van der Waals surface area contributed by atoms with Crippen molar-refractivity contribution in [2.24, 2.45) is 11.7 Å². The molecule has 2 nitrogen and oxygen atoms in total. The van der Waals surface area contributed by atoms with E-state index in [1.807, 2.05) is 12.1 Å². The molecule has 116 valence electrons. The first kappa shape index (κ1) is 15.4. The third-order valence-electron chi connectivity index (χ3n) is 5.13. The first-order valence-electron chi connectivity index (χ1n) is 7.94. The summed E-state index contributed by atoms with van der Waals surface area (Å²) in [5, 5.41) is 0. The molecule has 21 heavy (non-hydrogen) atoms. The Morgan fingerprint density at radius 1 is 1.29 bits per heavy atom. The van der Waals surface area contributed by atoms with E-state index in [9.17, 15) is 4.39 Å². The number of hydrogen-bond donors (Lipinski definition) is 1. The summed E-state index contributed by atoms with van der Waals surface area (Å²) < 4.78 is 21.0. The third-order valence-corrected chi connectivity index (χ3v) is 5.62. The number of nitrogens with two attached hydrogens (primary N) is 1. The summed E-state index contributed by atoms with van der Waals surface area (Å²) >= 11 is 3.30. The fraction of sp³-hybridized carbons (Fsp3) is 0.647. The Balaban J connectivity index is 1.76.